The van der Waals surface area contributed by atoms with Crippen LogP contribution >= 0.6 is 0 Å². The maximum absolute atomic E-state index is 12.6. The van der Waals surface area contributed by atoms with E-state index in [1.807, 2.05) is 0 Å². The van der Waals surface area contributed by atoms with Crippen LogP contribution in [-0.4, -0.2) is 30.9 Å². The van der Waals surface area contributed by atoms with Crippen LogP contribution in [0, 0.1) is 6.92 Å². The Kier molecular flexibility index (Phi) is 2.76. The van der Waals surface area contributed by atoms with Crippen LogP contribution in [0.1, 0.15) is 37.6 Å². The molecule has 2 aromatic rings. The standard InChI is InChI=1S/C15H12O6/c1-6-10-8(5-21-6)12(16)7-4-9(19-2)15(20-3)14(18)11(7)13(10)17/h4-5,18H,1-3H3. The summed E-state index contributed by atoms with van der Waals surface area (Å²) in [4.78, 5) is 25.0. The molecule has 0 saturated carbocycles. The molecule has 0 unspecified atom stereocenters. The number of aromatic hydroxyl groups is 1. The first kappa shape index (κ1) is 13.2. The largest absolute Gasteiger partial charge is 0.504 e. The lowest BCUT2D eigenvalue weighted by Crippen LogP contribution is -2.20. The van der Waals surface area contributed by atoms with E-state index >= 15 is 0 Å². The highest BCUT2D eigenvalue weighted by atomic mass is 16.5. The van der Waals surface area contributed by atoms with E-state index in [1.54, 1.807) is 6.92 Å². The van der Waals surface area contributed by atoms with Crippen molar-refractivity contribution in [3.8, 4) is 17.2 Å². The van der Waals surface area contributed by atoms with Gasteiger partial charge in [0.2, 0.25) is 11.5 Å². The highest BCUT2D eigenvalue weighted by Crippen LogP contribution is 2.45. The Bertz CT molecular complexity index is 784. The number of benzene rings is 1. The van der Waals surface area contributed by atoms with Gasteiger partial charge in [-0.25, -0.2) is 0 Å². The lowest BCUT2D eigenvalue weighted by Gasteiger charge is -2.19. The number of carbonyl (C=O) groups is 2. The van der Waals surface area contributed by atoms with Gasteiger partial charge in [0.1, 0.15) is 12.0 Å². The molecule has 3 rings (SSSR count). The number of aryl methyl sites for hydroxylation is 1. The summed E-state index contributed by atoms with van der Waals surface area (Å²) in [6, 6.07) is 1.39. The van der Waals surface area contributed by atoms with Crippen LogP contribution < -0.4 is 9.47 Å². The van der Waals surface area contributed by atoms with Gasteiger partial charge in [-0.3, -0.25) is 9.59 Å². The molecule has 1 aromatic heterocycles. The van der Waals surface area contributed by atoms with Crippen molar-refractivity contribution >= 4 is 11.6 Å². The van der Waals surface area contributed by atoms with Crippen molar-refractivity contribution in [2.45, 2.75) is 6.92 Å². The zero-order valence-corrected chi connectivity index (χ0v) is 11.6. The molecular formula is C15H12O6. The molecular weight excluding hydrogens is 276 g/mol. The average molecular weight is 288 g/mol. The van der Waals surface area contributed by atoms with Crippen molar-refractivity contribution in [2.75, 3.05) is 14.2 Å². The minimum atomic E-state index is -0.468. The third-order valence-corrected chi connectivity index (χ3v) is 3.56. The summed E-state index contributed by atoms with van der Waals surface area (Å²) in [6.45, 7) is 1.59. The van der Waals surface area contributed by atoms with E-state index in [4.69, 9.17) is 13.9 Å². The van der Waals surface area contributed by atoms with Gasteiger partial charge in [0.05, 0.1) is 30.9 Å². The topological polar surface area (TPSA) is 86.0 Å². The summed E-state index contributed by atoms with van der Waals surface area (Å²) in [5.41, 5.74) is 0.352. The van der Waals surface area contributed by atoms with Crippen molar-refractivity contribution in [1.29, 1.82) is 0 Å². The Morgan fingerprint density at radius 3 is 2.38 bits per heavy atom. The quantitative estimate of drug-likeness (QED) is 0.777. The van der Waals surface area contributed by atoms with E-state index in [2.05, 4.69) is 0 Å². The maximum atomic E-state index is 12.6. The molecule has 108 valence electrons. The zero-order chi connectivity index (χ0) is 15.3. The molecule has 6 heteroatoms. The number of phenols is 1. The highest BCUT2D eigenvalue weighted by Gasteiger charge is 2.37. The second kappa shape index (κ2) is 4.37. The van der Waals surface area contributed by atoms with Crippen molar-refractivity contribution in [3.05, 3.63) is 40.3 Å². The summed E-state index contributed by atoms with van der Waals surface area (Å²) < 4.78 is 15.3. The lowest BCUT2D eigenvalue weighted by atomic mass is 9.84. The summed E-state index contributed by atoms with van der Waals surface area (Å²) in [6.07, 6.45) is 1.25. The summed E-state index contributed by atoms with van der Waals surface area (Å²) in [5, 5.41) is 10.3. The van der Waals surface area contributed by atoms with Crippen molar-refractivity contribution in [3.63, 3.8) is 0 Å². The summed E-state index contributed by atoms with van der Waals surface area (Å²) in [5.74, 6) is -0.739. The Morgan fingerprint density at radius 2 is 1.76 bits per heavy atom. The number of hydrogen-bond acceptors (Lipinski definition) is 6. The first-order chi connectivity index (χ1) is 10.0. The van der Waals surface area contributed by atoms with Gasteiger partial charge in [-0.1, -0.05) is 0 Å². The number of hydrogen-bond donors (Lipinski definition) is 1. The van der Waals surface area contributed by atoms with E-state index in [1.165, 1.54) is 26.5 Å². The van der Waals surface area contributed by atoms with Crippen LogP contribution in [0.2, 0.25) is 0 Å². The smallest absolute Gasteiger partial charge is 0.203 e. The predicted molar refractivity (Wildman–Crippen MR) is 71.5 cm³/mol. The van der Waals surface area contributed by atoms with E-state index in [9.17, 15) is 14.7 Å². The van der Waals surface area contributed by atoms with Gasteiger partial charge in [0.15, 0.2) is 17.3 Å². The molecule has 21 heavy (non-hydrogen) atoms. The number of methoxy groups -OCH3 is 2. The van der Waals surface area contributed by atoms with Gasteiger partial charge in [0, 0.05) is 5.56 Å². The van der Waals surface area contributed by atoms with E-state index < -0.39 is 17.3 Å². The van der Waals surface area contributed by atoms with Crippen molar-refractivity contribution in [2.24, 2.45) is 0 Å². The Morgan fingerprint density at radius 1 is 1.05 bits per heavy atom. The molecule has 0 aliphatic heterocycles. The van der Waals surface area contributed by atoms with Crippen LogP contribution in [0.15, 0.2) is 16.7 Å². The van der Waals surface area contributed by atoms with E-state index in [0.29, 0.717) is 5.76 Å². The lowest BCUT2D eigenvalue weighted by molar-refractivity contribution is 0.0976. The van der Waals surface area contributed by atoms with Crippen LogP contribution in [0.3, 0.4) is 0 Å². The third-order valence-electron chi connectivity index (χ3n) is 3.56. The Balaban J connectivity index is 2.36. The van der Waals surface area contributed by atoms with Gasteiger partial charge >= 0.3 is 0 Å². The second-order valence-corrected chi connectivity index (χ2v) is 4.62. The average Bonchev–Trinajstić information content (AvgIpc) is 2.86. The van der Waals surface area contributed by atoms with Crippen LogP contribution in [0.4, 0.5) is 0 Å². The predicted octanol–water partition coefficient (Wildman–Crippen LogP) is 2.09. The molecule has 0 radical (unpaired) electrons. The number of phenolic OH excluding ortho intramolecular Hbond substituents is 1. The monoisotopic (exact) mass is 288 g/mol. The molecule has 1 aliphatic rings. The second-order valence-electron chi connectivity index (χ2n) is 4.62. The molecule has 1 heterocycles. The first-order valence-electron chi connectivity index (χ1n) is 6.16. The normalized spacial score (nSPS) is 12.9. The number of furan rings is 1. The molecule has 0 fully saturated rings. The molecule has 0 atom stereocenters. The van der Waals surface area contributed by atoms with E-state index in [-0.39, 0.29) is 33.8 Å². The van der Waals surface area contributed by atoms with Crippen LogP contribution in [-0.2, 0) is 0 Å². The number of carbonyl (C=O) groups excluding carboxylic acids is 2. The zero-order valence-electron chi connectivity index (χ0n) is 11.6. The molecule has 1 aliphatic carbocycles. The minimum absolute atomic E-state index is 0.0157. The molecule has 0 amide bonds. The van der Waals surface area contributed by atoms with Crippen molar-refractivity contribution in [1.82, 2.24) is 0 Å². The molecule has 1 N–H and O–H groups in total. The number of ketones is 2. The van der Waals surface area contributed by atoms with Gasteiger partial charge in [-0.05, 0) is 13.0 Å². The number of fused-ring (bicyclic) bond motifs is 2. The van der Waals surface area contributed by atoms with Crippen LogP contribution in [0.25, 0.3) is 0 Å². The highest BCUT2D eigenvalue weighted by molar-refractivity contribution is 6.30. The fraction of sp³-hybridized carbons (Fsp3) is 0.200. The Hall–Kier alpha value is -2.76. The van der Waals surface area contributed by atoms with Crippen molar-refractivity contribution < 1.29 is 28.6 Å². The van der Waals surface area contributed by atoms with E-state index in [0.717, 1.165) is 0 Å². The number of ether oxygens (including phenoxy) is 2. The molecule has 6 nitrogen and oxygen atoms in total. The van der Waals surface area contributed by atoms with Gasteiger partial charge in [-0.15, -0.1) is 0 Å². The van der Waals surface area contributed by atoms with Gasteiger partial charge < -0.3 is 19.0 Å². The van der Waals surface area contributed by atoms with Gasteiger partial charge in [0.25, 0.3) is 0 Å². The Labute approximate surface area is 119 Å². The third kappa shape index (κ3) is 1.59. The van der Waals surface area contributed by atoms with Crippen LogP contribution in [0.5, 0.6) is 17.2 Å². The summed E-state index contributed by atoms with van der Waals surface area (Å²) in [7, 11) is 2.72. The summed E-state index contributed by atoms with van der Waals surface area (Å²) >= 11 is 0. The molecule has 0 spiro atoms. The van der Waals surface area contributed by atoms with Gasteiger partial charge in [-0.2, -0.15) is 0 Å². The molecule has 0 saturated heterocycles. The first-order valence-corrected chi connectivity index (χ1v) is 6.16. The molecule has 0 bridgehead atoms. The fourth-order valence-corrected chi connectivity index (χ4v) is 2.56. The maximum Gasteiger partial charge on any atom is 0.203 e. The molecule has 1 aromatic carbocycles. The fourth-order valence-electron chi connectivity index (χ4n) is 2.56. The number of rotatable bonds is 2. The SMILES string of the molecule is COc1cc2c(c(O)c1OC)C(=O)c1c(coc1C)C2=O. The minimum Gasteiger partial charge on any atom is -0.504 e.